The van der Waals surface area contributed by atoms with Crippen molar-refractivity contribution in [2.45, 2.75) is 20.3 Å². The van der Waals surface area contributed by atoms with E-state index in [4.69, 9.17) is 5.11 Å². The van der Waals surface area contributed by atoms with Gasteiger partial charge in [-0.2, -0.15) is 0 Å². The van der Waals surface area contributed by atoms with Crippen molar-refractivity contribution in [3.63, 3.8) is 0 Å². The number of aromatic amines is 1. The molecule has 1 amide bonds. The topological polar surface area (TPSA) is 82.2 Å². The van der Waals surface area contributed by atoms with Crippen LogP contribution in [0.5, 0.6) is 0 Å². The molecule has 1 aromatic carbocycles. The molecule has 112 valence electrons. The molecule has 5 nitrogen and oxygen atoms in total. The lowest BCUT2D eigenvalue weighted by molar-refractivity contribution is -0.142. The minimum absolute atomic E-state index is 0.141. The summed E-state index contributed by atoms with van der Waals surface area (Å²) in [5.41, 5.74) is 1.34. The molecule has 1 aromatic heterocycles. The van der Waals surface area contributed by atoms with Crippen LogP contribution in [0.15, 0.2) is 30.3 Å². The van der Waals surface area contributed by atoms with Gasteiger partial charge in [-0.3, -0.25) is 9.59 Å². The average molecular weight is 288 g/mol. The van der Waals surface area contributed by atoms with Gasteiger partial charge in [-0.15, -0.1) is 0 Å². The number of hydrogen-bond donors (Lipinski definition) is 3. The van der Waals surface area contributed by atoms with Crippen LogP contribution in [0.2, 0.25) is 0 Å². The Balaban J connectivity index is 2.01. The van der Waals surface area contributed by atoms with E-state index >= 15 is 0 Å². The third kappa shape index (κ3) is 3.84. The van der Waals surface area contributed by atoms with Crippen molar-refractivity contribution in [2.24, 2.45) is 11.8 Å². The Morgan fingerprint density at radius 2 is 2.00 bits per heavy atom. The number of nitrogens with one attached hydrogen (secondary N) is 2. The summed E-state index contributed by atoms with van der Waals surface area (Å²) >= 11 is 0. The van der Waals surface area contributed by atoms with E-state index in [0.717, 1.165) is 10.9 Å². The third-order valence-electron chi connectivity index (χ3n) is 3.39. The summed E-state index contributed by atoms with van der Waals surface area (Å²) in [6.45, 7) is 4.08. The number of rotatable bonds is 6. The first-order valence-electron chi connectivity index (χ1n) is 7.06. The lowest BCUT2D eigenvalue weighted by Crippen LogP contribution is -2.33. The minimum atomic E-state index is -0.874. The molecule has 1 atom stereocenters. The Morgan fingerprint density at radius 1 is 1.29 bits per heavy atom. The summed E-state index contributed by atoms with van der Waals surface area (Å²) < 4.78 is 0. The van der Waals surface area contributed by atoms with Gasteiger partial charge in [0.05, 0.1) is 5.92 Å². The highest BCUT2D eigenvalue weighted by Gasteiger charge is 2.20. The van der Waals surface area contributed by atoms with Crippen molar-refractivity contribution < 1.29 is 14.7 Å². The number of carbonyl (C=O) groups is 2. The van der Waals surface area contributed by atoms with E-state index in [1.54, 1.807) is 6.07 Å². The van der Waals surface area contributed by atoms with E-state index in [9.17, 15) is 9.59 Å². The molecular formula is C16H20N2O3. The Hall–Kier alpha value is -2.30. The monoisotopic (exact) mass is 288 g/mol. The number of hydrogen-bond acceptors (Lipinski definition) is 2. The van der Waals surface area contributed by atoms with Crippen LogP contribution >= 0.6 is 0 Å². The molecule has 2 rings (SSSR count). The van der Waals surface area contributed by atoms with E-state index in [1.165, 1.54) is 0 Å². The molecule has 0 radical (unpaired) electrons. The summed E-state index contributed by atoms with van der Waals surface area (Å²) in [6.07, 6.45) is 0.544. The molecule has 0 fully saturated rings. The Kier molecular flexibility index (Phi) is 4.62. The maximum absolute atomic E-state index is 12.1. The van der Waals surface area contributed by atoms with E-state index in [-0.39, 0.29) is 18.4 Å². The van der Waals surface area contributed by atoms with Crippen LogP contribution in [0.3, 0.4) is 0 Å². The lowest BCUT2D eigenvalue weighted by atomic mass is 9.97. The van der Waals surface area contributed by atoms with E-state index in [2.05, 4.69) is 10.3 Å². The van der Waals surface area contributed by atoms with Crippen LogP contribution in [0.4, 0.5) is 0 Å². The van der Waals surface area contributed by atoms with Crippen molar-refractivity contribution in [1.82, 2.24) is 10.3 Å². The number of carboxylic acid groups (broad SMARTS) is 1. The normalized spacial score (nSPS) is 12.5. The fourth-order valence-corrected chi connectivity index (χ4v) is 2.35. The number of carbonyl (C=O) groups excluding carboxylic acids is 1. The molecular weight excluding hydrogens is 268 g/mol. The standard InChI is InChI=1S/C16H20N2O3/c1-10(2)7-12(16(20)21)9-17-15(19)14-8-11-5-3-4-6-13(11)18-14/h3-6,8,10,12,18H,7,9H2,1-2H3,(H,17,19)(H,20,21). The van der Waals surface area contributed by atoms with Gasteiger partial charge in [0.15, 0.2) is 0 Å². The second-order valence-electron chi connectivity index (χ2n) is 5.64. The van der Waals surface area contributed by atoms with Gasteiger partial charge in [0, 0.05) is 17.4 Å². The Morgan fingerprint density at radius 3 is 2.62 bits per heavy atom. The lowest BCUT2D eigenvalue weighted by Gasteiger charge is -2.15. The van der Waals surface area contributed by atoms with Gasteiger partial charge in [-0.1, -0.05) is 32.0 Å². The largest absolute Gasteiger partial charge is 0.481 e. The molecule has 2 aromatic rings. The van der Waals surface area contributed by atoms with Crippen LogP contribution in [0.1, 0.15) is 30.8 Å². The number of para-hydroxylation sites is 1. The summed E-state index contributed by atoms with van der Waals surface area (Å²) in [7, 11) is 0. The van der Waals surface area contributed by atoms with E-state index in [1.807, 2.05) is 38.1 Å². The molecule has 0 spiro atoms. The highest BCUT2D eigenvalue weighted by atomic mass is 16.4. The van der Waals surface area contributed by atoms with Gasteiger partial charge >= 0.3 is 5.97 Å². The molecule has 3 N–H and O–H groups in total. The van der Waals surface area contributed by atoms with Gasteiger partial charge in [0.25, 0.3) is 5.91 Å². The Bertz CT molecular complexity index is 613. The molecule has 0 aliphatic heterocycles. The zero-order chi connectivity index (χ0) is 15.4. The third-order valence-corrected chi connectivity index (χ3v) is 3.39. The second-order valence-corrected chi connectivity index (χ2v) is 5.64. The first-order valence-corrected chi connectivity index (χ1v) is 7.06. The fraction of sp³-hybridized carbons (Fsp3) is 0.375. The number of amides is 1. The zero-order valence-electron chi connectivity index (χ0n) is 12.2. The minimum Gasteiger partial charge on any atom is -0.481 e. The van der Waals surface area contributed by atoms with Crippen molar-refractivity contribution in [1.29, 1.82) is 0 Å². The average Bonchev–Trinajstić information content (AvgIpc) is 2.86. The number of H-pyrrole nitrogens is 1. The second kappa shape index (κ2) is 6.43. The van der Waals surface area contributed by atoms with Crippen LogP contribution < -0.4 is 5.32 Å². The van der Waals surface area contributed by atoms with Gasteiger partial charge in [0.2, 0.25) is 0 Å². The fourth-order valence-electron chi connectivity index (χ4n) is 2.35. The Labute approximate surface area is 123 Å². The van der Waals surface area contributed by atoms with Crippen molar-refractivity contribution in [2.75, 3.05) is 6.54 Å². The quantitative estimate of drug-likeness (QED) is 0.764. The first-order chi connectivity index (χ1) is 9.97. The maximum Gasteiger partial charge on any atom is 0.308 e. The smallest absolute Gasteiger partial charge is 0.308 e. The summed E-state index contributed by atoms with van der Waals surface area (Å²) in [4.78, 5) is 26.3. The van der Waals surface area contributed by atoms with Crippen molar-refractivity contribution in [3.05, 3.63) is 36.0 Å². The molecule has 0 saturated heterocycles. The number of fused-ring (bicyclic) bond motifs is 1. The van der Waals surface area contributed by atoms with Gasteiger partial charge < -0.3 is 15.4 Å². The van der Waals surface area contributed by atoms with Crippen LogP contribution in [0.25, 0.3) is 10.9 Å². The molecule has 0 aliphatic carbocycles. The SMILES string of the molecule is CC(C)CC(CNC(=O)c1cc2ccccc2[nH]1)C(=O)O. The van der Waals surface area contributed by atoms with Gasteiger partial charge in [0.1, 0.15) is 5.69 Å². The molecule has 0 bridgehead atoms. The highest BCUT2D eigenvalue weighted by Crippen LogP contribution is 2.15. The first kappa shape index (κ1) is 15.1. The molecule has 1 heterocycles. The molecule has 0 saturated carbocycles. The molecule has 0 aliphatic rings. The van der Waals surface area contributed by atoms with Crippen molar-refractivity contribution >= 4 is 22.8 Å². The predicted octanol–water partition coefficient (Wildman–Crippen LogP) is 2.64. The summed E-state index contributed by atoms with van der Waals surface area (Å²) in [6, 6.07) is 9.37. The predicted molar refractivity (Wildman–Crippen MR) is 81.2 cm³/mol. The molecule has 21 heavy (non-hydrogen) atoms. The maximum atomic E-state index is 12.1. The van der Waals surface area contributed by atoms with Crippen LogP contribution in [-0.4, -0.2) is 28.5 Å². The van der Waals surface area contributed by atoms with E-state index in [0.29, 0.717) is 12.1 Å². The molecule has 5 heteroatoms. The van der Waals surface area contributed by atoms with Gasteiger partial charge in [-0.05, 0) is 24.5 Å². The van der Waals surface area contributed by atoms with Crippen LogP contribution in [0, 0.1) is 11.8 Å². The van der Waals surface area contributed by atoms with Crippen LogP contribution in [-0.2, 0) is 4.79 Å². The van der Waals surface area contributed by atoms with Gasteiger partial charge in [-0.25, -0.2) is 0 Å². The van der Waals surface area contributed by atoms with E-state index < -0.39 is 11.9 Å². The highest BCUT2D eigenvalue weighted by molar-refractivity contribution is 5.98. The number of aliphatic carboxylic acids is 1. The zero-order valence-corrected chi connectivity index (χ0v) is 12.2. The number of aromatic nitrogens is 1. The van der Waals surface area contributed by atoms with Crippen molar-refractivity contribution in [3.8, 4) is 0 Å². The summed E-state index contributed by atoms with van der Waals surface area (Å²) in [5, 5.41) is 12.8. The molecule has 1 unspecified atom stereocenters. The summed E-state index contributed by atoms with van der Waals surface area (Å²) in [5.74, 6) is -1.43. The number of carboxylic acids is 1. The number of benzene rings is 1.